The zero-order valence-corrected chi connectivity index (χ0v) is 14.7. The second-order valence-electron chi connectivity index (χ2n) is 5.63. The predicted molar refractivity (Wildman–Crippen MR) is 97.6 cm³/mol. The van der Waals surface area contributed by atoms with E-state index in [-0.39, 0.29) is 0 Å². The fourth-order valence-electron chi connectivity index (χ4n) is 2.68. The van der Waals surface area contributed by atoms with Crippen molar-refractivity contribution in [2.45, 2.75) is 30.2 Å². The molecule has 4 rings (SSSR count). The summed E-state index contributed by atoms with van der Waals surface area (Å²) in [5.41, 5.74) is 8.66. The van der Waals surface area contributed by atoms with Crippen LogP contribution >= 0.6 is 11.8 Å². The van der Waals surface area contributed by atoms with E-state index in [1.807, 2.05) is 43.3 Å². The van der Waals surface area contributed by atoms with Gasteiger partial charge in [0.2, 0.25) is 5.82 Å². The number of aryl methyl sites for hydroxylation is 1. The lowest BCUT2D eigenvalue weighted by molar-refractivity contribution is 0.577. The molecule has 7 heteroatoms. The molecule has 0 aliphatic carbocycles. The summed E-state index contributed by atoms with van der Waals surface area (Å²) in [6.07, 6.45) is 2.48. The van der Waals surface area contributed by atoms with Crippen molar-refractivity contribution in [3.8, 4) is 11.6 Å². The molecule has 0 aliphatic heterocycles. The van der Waals surface area contributed by atoms with E-state index in [4.69, 9.17) is 10.2 Å². The summed E-state index contributed by atoms with van der Waals surface area (Å²) in [6, 6.07) is 11.5. The molecule has 0 unspecified atom stereocenters. The number of anilines is 1. The summed E-state index contributed by atoms with van der Waals surface area (Å²) < 4.78 is 7.22. The van der Waals surface area contributed by atoms with Crippen molar-refractivity contribution in [2.24, 2.45) is 0 Å². The number of hydrogen-bond acceptors (Lipinski definition) is 6. The van der Waals surface area contributed by atoms with Crippen LogP contribution in [-0.2, 0) is 6.42 Å². The van der Waals surface area contributed by atoms with E-state index >= 15 is 0 Å². The van der Waals surface area contributed by atoms with Crippen molar-refractivity contribution in [3.05, 3.63) is 53.9 Å². The zero-order valence-electron chi connectivity index (χ0n) is 13.9. The third kappa shape index (κ3) is 2.87. The highest BCUT2D eigenvalue weighted by Gasteiger charge is 2.18. The zero-order chi connectivity index (χ0) is 17.4. The summed E-state index contributed by atoms with van der Waals surface area (Å²) in [7, 11) is 0. The molecule has 0 aliphatic rings. The number of nitrogens with two attached hydrogens (primary N) is 1. The fraction of sp³-hybridized carbons (Fsp3) is 0.167. The van der Waals surface area contributed by atoms with Crippen LogP contribution < -0.4 is 5.73 Å². The summed E-state index contributed by atoms with van der Waals surface area (Å²) in [5.74, 6) is 1.73. The van der Waals surface area contributed by atoms with Crippen LogP contribution in [0.2, 0.25) is 0 Å². The highest BCUT2D eigenvalue weighted by molar-refractivity contribution is 7.99. The summed E-state index contributed by atoms with van der Waals surface area (Å²) in [6.45, 7) is 4.13. The molecule has 0 radical (unpaired) electrons. The average Bonchev–Trinajstić information content (AvgIpc) is 3.26. The van der Waals surface area contributed by atoms with Crippen molar-refractivity contribution >= 4 is 23.2 Å². The quantitative estimate of drug-likeness (QED) is 0.442. The van der Waals surface area contributed by atoms with Crippen molar-refractivity contribution in [1.82, 2.24) is 19.6 Å². The van der Waals surface area contributed by atoms with Crippen molar-refractivity contribution in [3.63, 3.8) is 0 Å². The Kier molecular flexibility index (Phi) is 3.93. The summed E-state index contributed by atoms with van der Waals surface area (Å²) >= 11 is 1.64. The van der Waals surface area contributed by atoms with Crippen molar-refractivity contribution in [2.75, 3.05) is 5.73 Å². The van der Waals surface area contributed by atoms with Crippen LogP contribution in [0.1, 0.15) is 18.2 Å². The predicted octanol–water partition coefficient (Wildman–Crippen LogP) is 3.99. The first kappa shape index (κ1) is 15.7. The van der Waals surface area contributed by atoms with Crippen LogP contribution in [0.25, 0.3) is 17.4 Å². The highest BCUT2D eigenvalue weighted by atomic mass is 32.2. The third-order valence-corrected chi connectivity index (χ3v) is 5.06. The first-order chi connectivity index (χ1) is 12.2. The van der Waals surface area contributed by atoms with Gasteiger partial charge in [0.25, 0.3) is 5.78 Å². The lowest BCUT2D eigenvalue weighted by atomic mass is 10.2. The standard InChI is InChI=1S/C18H17N5OS/c1-3-14-11(2)20-18-21-16(15-5-4-10-24-15)22-23(18)17(14)25-13-8-6-12(19)7-9-13/h4-10H,3,19H2,1-2H3. The molecule has 0 bridgehead atoms. The van der Waals surface area contributed by atoms with E-state index < -0.39 is 0 Å². The van der Waals surface area contributed by atoms with Gasteiger partial charge < -0.3 is 10.2 Å². The van der Waals surface area contributed by atoms with Gasteiger partial charge in [-0.3, -0.25) is 0 Å². The molecule has 126 valence electrons. The van der Waals surface area contributed by atoms with Gasteiger partial charge in [0.1, 0.15) is 5.03 Å². The number of nitrogen functional groups attached to an aromatic ring is 1. The minimum atomic E-state index is 0.532. The molecule has 0 atom stereocenters. The number of fused-ring (bicyclic) bond motifs is 1. The number of nitrogens with zero attached hydrogens (tertiary/aromatic N) is 4. The van der Waals surface area contributed by atoms with E-state index in [2.05, 4.69) is 22.0 Å². The molecule has 0 saturated heterocycles. The van der Waals surface area contributed by atoms with Gasteiger partial charge in [-0.15, -0.1) is 5.10 Å². The minimum Gasteiger partial charge on any atom is -0.461 e. The number of furan rings is 1. The van der Waals surface area contributed by atoms with Gasteiger partial charge in [-0.2, -0.15) is 9.50 Å². The Hall–Kier alpha value is -2.80. The van der Waals surface area contributed by atoms with Crippen molar-refractivity contribution in [1.29, 1.82) is 0 Å². The van der Waals surface area contributed by atoms with E-state index in [0.717, 1.165) is 33.3 Å². The second kappa shape index (κ2) is 6.25. The Morgan fingerprint density at radius 3 is 2.64 bits per heavy atom. The fourth-order valence-corrected chi connectivity index (χ4v) is 3.80. The Bertz CT molecular complexity index is 1020. The molecular weight excluding hydrogens is 334 g/mol. The van der Waals surface area contributed by atoms with Crippen LogP contribution in [0.3, 0.4) is 0 Å². The molecule has 3 aromatic heterocycles. The minimum absolute atomic E-state index is 0.532. The summed E-state index contributed by atoms with van der Waals surface area (Å²) in [4.78, 5) is 10.2. The van der Waals surface area contributed by atoms with E-state index in [9.17, 15) is 0 Å². The lowest BCUT2D eigenvalue weighted by Gasteiger charge is -2.11. The molecule has 0 amide bonds. The molecule has 3 heterocycles. The third-order valence-electron chi connectivity index (χ3n) is 3.93. The van der Waals surface area contributed by atoms with Gasteiger partial charge in [0.15, 0.2) is 5.76 Å². The molecule has 4 aromatic rings. The summed E-state index contributed by atoms with van der Waals surface area (Å²) in [5, 5.41) is 5.64. The van der Waals surface area contributed by atoms with Gasteiger partial charge in [0, 0.05) is 21.8 Å². The molecule has 0 saturated carbocycles. The Balaban J connectivity index is 1.88. The van der Waals surface area contributed by atoms with Gasteiger partial charge >= 0.3 is 0 Å². The molecular formula is C18H17N5OS. The normalized spacial score (nSPS) is 11.3. The monoisotopic (exact) mass is 351 g/mol. The number of rotatable bonds is 4. The van der Waals surface area contributed by atoms with Crippen molar-refractivity contribution < 1.29 is 4.42 Å². The molecule has 25 heavy (non-hydrogen) atoms. The van der Waals surface area contributed by atoms with E-state index in [1.165, 1.54) is 0 Å². The maximum atomic E-state index is 5.79. The van der Waals surface area contributed by atoms with Gasteiger partial charge in [-0.05, 0) is 49.7 Å². The van der Waals surface area contributed by atoms with Crippen LogP contribution in [0.15, 0.2) is 57.0 Å². The molecule has 2 N–H and O–H groups in total. The molecule has 0 fully saturated rings. The van der Waals surface area contributed by atoms with Crippen LogP contribution in [-0.4, -0.2) is 19.6 Å². The largest absolute Gasteiger partial charge is 0.461 e. The topological polar surface area (TPSA) is 82.2 Å². The molecule has 0 spiro atoms. The lowest BCUT2D eigenvalue weighted by Crippen LogP contribution is -2.04. The van der Waals surface area contributed by atoms with E-state index in [1.54, 1.807) is 22.5 Å². The van der Waals surface area contributed by atoms with Crippen LogP contribution in [0.4, 0.5) is 5.69 Å². The van der Waals surface area contributed by atoms with Gasteiger partial charge in [-0.1, -0.05) is 18.7 Å². The van der Waals surface area contributed by atoms with Crippen LogP contribution in [0.5, 0.6) is 0 Å². The van der Waals surface area contributed by atoms with Gasteiger partial charge in [-0.25, -0.2) is 4.98 Å². The SMILES string of the molecule is CCc1c(C)nc2nc(-c3ccco3)nn2c1Sc1ccc(N)cc1. The maximum Gasteiger partial charge on any atom is 0.254 e. The highest BCUT2D eigenvalue weighted by Crippen LogP contribution is 2.33. The first-order valence-electron chi connectivity index (χ1n) is 7.99. The molecule has 1 aromatic carbocycles. The van der Waals surface area contributed by atoms with Gasteiger partial charge in [0.05, 0.1) is 6.26 Å². The molecule has 6 nitrogen and oxygen atoms in total. The Morgan fingerprint density at radius 2 is 1.96 bits per heavy atom. The first-order valence-corrected chi connectivity index (χ1v) is 8.81. The number of benzene rings is 1. The Morgan fingerprint density at radius 1 is 1.16 bits per heavy atom. The smallest absolute Gasteiger partial charge is 0.254 e. The Labute approximate surface area is 149 Å². The number of hydrogen-bond donors (Lipinski definition) is 1. The van der Waals surface area contributed by atoms with Crippen LogP contribution in [0, 0.1) is 6.92 Å². The number of aromatic nitrogens is 4. The maximum absolute atomic E-state index is 5.79. The second-order valence-corrected chi connectivity index (χ2v) is 6.69. The average molecular weight is 351 g/mol. The van der Waals surface area contributed by atoms with E-state index in [0.29, 0.717) is 17.4 Å².